The van der Waals surface area contributed by atoms with Gasteiger partial charge >= 0.3 is 0 Å². The number of ketones is 1. The highest BCUT2D eigenvalue weighted by Crippen LogP contribution is 2.47. The third-order valence-corrected chi connectivity index (χ3v) is 6.05. The number of amides is 1. The van der Waals surface area contributed by atoms with Gasteiger partial charge in [0, 0.05) is 54.7 Å². The van der Waals surface area contributed by atoms with E-state index in [1.165, 1.54) is 12.1 Å². The molecular formula is C23H22ClFN2O2. The fraction of sp³-hybridized carbons (Fsp3) is 0.304. The molecule has 0 aromatic heterocycles. The zero-order valence-corrected chi connectivity index (χ0v) is 17.1. The van der Waals surface area contributed by atoms with Gasteiger partial charge in [-0.05, 0) is 30.0 Å². The minimum absolute atomic E-state index is 0.0133. The van der Waals surface area contributed by atoms with E-state index in [2.05, 4.69) is 0 Å². The fourth-order valence-electron chi connectivity index (χ4n) is 4.54. The Kier molecular flexibility index (Phi) is 5.28. The second-order valence-electron chi connectivity index (χ2n) is 7.74. The van der Waals surface area contributed by atoms with Crippen molar-refractivity contribution in [3.8, 4) is 0 Å². The lowest BCUT2D eigenvalue weighted by Gasteiger charge is -2.42. The van der Waals surface area contributed by atoms with E-state index in [1.807, 2.05) is 30.3 Å². The molecule has 0 fully saturated rings. The van der Waals surface area contributed by atoms with Gasteiger partial charge in [0.15, 0.2) is 5.78 Å². The van der Waals surface area contributed by atoms with Crippen molar-refractivity contribution in [1.82, 2.24) is 10.0 Å². The molecule has 0 bridgehead atoms. The van der Waals surface area contributed by atoms with Gasteiger partial charge in [-0.2, -0.15) is 0 Å². The van der Waals surface area contributed by atoms with Crippen LogP contribution < -0.4 is 0 Å². The number of nitrogens with zero attached hydrogens (tertiary/aromatic N) is 2. The molecule has 0 spiro atoms. The lowest BCUT2D eigenvalue weighted by Crippen LogP contribution is -2.48. The van der Waals surface area contributed by atoms with Crippen LogP contribution in [0.3, 0.4) is 0 Å². The van der Waals surface area contributed by atoms with E-state index < -0.39 is 11.7 Å². The van der Waals surface area contributed by atoms with Crippen molar-refractivity contribution in [1.29, 1.82) is 0 Å². The smallest absolute Gasteiger partial charge is 0.242 e. The molecule has 1 aliphatic carbocycles. The Morgan fingerprint density at radius 2 is 1.72 bits per heavy atom. The van der Waals surface area contributed by atoms with Gasteiger partial charge < -0.3 is 0 Å². The summed E-state index contributed by atoms with van der Waals surface area (Å²) in [6.07, 6.45) is 0.887. The van der Waals surface area contributed by atoms with E-state index in [0.717, 1.165) is 5.56 Å². The lowest BCUT2D eigenvalue weighted by molar-refractivity contribution is -0.143. The van der Waals surface area contributed by atoms with Crippen LogP contribution in [0.2, 0.25) is 5.02 Å². The topological polar surface area (TPSA) is 40.6 Å². The van der Waals surface area contributed by atoms with E-state index in [4.69, 9.17) is 11.6 Å². The largest absolute Gasteiger partial charge is 0.294 e. The fourth-order valence-corrected chi connectivity index (χ4v) is 4.83. The summed E-state index contributed by atoms with van der Waals surface area (Å²) in [5, 5.41) is 3.50. The Hall–Kier alpha value is -2.50. The number of Topliss-reactive ketones (excluding diaryl/α,β-unsaturated/α-hetero) is 1. The highest BCUT2D eigenvalue weighted by Gasteiger charge is 2.43. The van der Waals surface area contributed by atoms with E-state index in [9.17, 15) is 14.0 Å². The van der Waals surface area contributed by atoms with Crippen LogP contribution in [0, 0.1) is 5.82 Å². The number of carbonyl (C=O) groups excluding carboxylic acids is 2. The Balaban J connectivity index is 1.86. The Morgan fingerprint density at radius 1 is 1.00 bits per heavy atom. The maximum absolute atomic E-state index is 14.7. The molecule has 4 rings (SSSR count). The van der Waals surface area contributed by atoms with Crippen molar-refractivity contribution in [2.75, 3.05) is 14.1 Å². The number of benzene rings is 2. The SMILES string of the molecule is CN(C)N1C(=O)C[C@H](c2c(F)cccc2Cl)C2=C1C[C@H](c1ccccc1)CC2=O. The van der Waals surface area contributed by atoms with E-state index in [0.29, 0.717) is 24.1 Å². The van der Waals surface area contributed by atoms with Crippen molar-refractivity contribution >= 4 is 23.3 Å². The minimum atomic E-state index is -0.661. The summed E-state index contributed by atoms with van der Waals surface area (Å²) in [6.45, 7) is 0. The van der Waals surface area contributed by atoms with Crippen LogP contribution in [0.4, 0.5) is 4.39 Å². The second kappa shape index (κ2) is 7.73. The first kappa shape index (κ1) is 19.8. The van der Waals surface area contributed by atoms with Gasteiger partial charge in [-0.1, -0.05) is 48.0 Å². The van der Waals surface area contributed by atoms with Gasteiger partial charge in [-0.3, -0.25) is 9.59 Å². The predicted octanol–water partition coefficient (Wildman–Crippen LogP) is 4.67. The summed E-state index contributed by atoms with van der Waals surface area (Å²) in [4.78, 5) is 26.3. The van der Waals surface area contributed by atoms with Crippen LogP contribution in [0.1, 0.15) is 42.2 Å². The average molecular weight is 413 g/mol. The maximum Gasteiger partial charge on any atom is 0.242 e. The summed E-state index contributed by atoms with van der Waals surface area (Å²) in [6, 6.07) is 14.3. The molecule has 1 heterocycles. The zero-order valence-electron chi connectivity index (χ0n) is 16.4. The first-order valence-corrected chi connectivity index (χ1v) is 10.0. The van der Waals surface area contributed by atoms with Gasteiger partial charge in [0.2, 0.25) is 5.91 Å². The molecule has 2 aromatic rings. The highest BCUT2D eigenvalue weighted by molar-refractivity contribution is 6.31. The number of rotatable bonds is 3. The Labute approximate surface area is 174 Å². The van der Waals surface area contributed by atoms with Crippen molar-refractivity contribution in [2.24, 2.45) is 0 Å². The molecule has 1 amide bonds. The van der Waals surface area contributed by atoms with Crippen LogP contribution >= 0.6 is 11.6 Å². The van der Waals surface area contributed by atoms with E-state index in [-0.39, 0.29) is 34.6 Å². The van der Waals surface area contributed by atoms with Crippen LogP contribution in [0.5, 0.6) is 0 Å². The molecule has 2 aromatic carbocycles. The number of halogens is 2. The molecule has 6 heteroatoms. The predicted molar refractivity (Wildman–Crippen MR) is 110 cm³/mol. The molecule has 0 N–H and O–H groups in total. The molecule has 4 nitrogen and oxygen atoms in total. The second-order valence-corrected chi connectivity index (χ2v) is 8.15. The molecule has 2 aliphatic rings. The van der Waals surface area contributed by atoms with Crippen molar-refractivity contribution in [3.63, 3.8) is 0 Å². The van der Waals surface area contributed by atoms with Crippen molar-refractivity contribution < 1.29 is 14.0 Å². The van der Waals surface area contributed by atoms with Crippen LogP contribution in [-0.4, -0.2) is 35.8 Å². The monoisotopic (exact) mass is 412 g/mol. The zero-order chi connectivity index (χ0) is 20.7. The summed E-state index contributed by atoms with van der Waals surface area (Å²) in [7, 11) is 3.55. The first-order valence-electron chi connectivity index (χ1n) is 9.63. The summed E-state index contributed by atoms with van der Waals surface area (Å²) < 4.78 is 14.7. The minimum Gasteiger partial charge on any atom is -0.294 e. The van der Waals surface area contributed by atoms with Crippen LogP contribution in [0.25, 0.3) is 0 Å². The summed E-state index contributed by atoms with van der Waals surface area (Å²) in [5.74, 6) is -1.39. The lowest BCUT2D eigenvalue weighted by atomic mass is 9.73. The number of hydrazine groups is 1. The number of hydrogen-bond donors (Lipinski definition) is 0. The number of hydrogen-bond acceptors (Lipinski definition) is 3. The van der Waals surface area contributed by atoms with Crippen LogP contribution in [0.15, 0.2) is 59.8 Å². The van der Waals surface area contributed by atoms with Crippen molar-refractivity contribution in [2.45, 2.75) is 31.1 Å². The molecule has 0 radical (unpaired) electrons. The quantitative estimate of drug-likeness (QED) is 0.735. The van der Waals surface area contributed by atoms with Gasteiger partial charge in [-0.25, -0.2) is 14.4 Å². The van der Waals surface area contributed by atoms with Gasteiger partial charge in [0.05, 0.1) is 0 Å². The van der Waals surface area contributed by atoms with E-state index >= 15 is 0 Å². The third-order valence-electron chi connectivity index (χ3n) is 5.72. The highest BCUT2D eigenvalue weighted by atomic mass is 35.5. The van der Waals surface area contributed by atoms with Gasteiger partial charge in [0.25, 0.3) is 0 Å². The molecule has 0 saturated carbocycles. The number of allylic oxidation sites excluding steroid dienone is 2. The van der Waals surface area contributed by atoms with Gasteiger partial charge in [-0.15, -0.1) is 0 Å². The molecule has 150 valence electrons. The van der Waals surface area contributed by atoms with Crippen molar-refractivity contribution in [3.05, 3.63) is 81.8 Å². The molecule has 29 heavy (non-hydrogen) atoms. The molecule has 0 saturated heterocycles. The third kappa shape index (κ3) is 3.49. The average Bonchev–Trinajstić information content (AvgIpc) is 2.67. The van der Waals surface area contributed by atoms with Crippen LogP contribution in [-0.2, 0) is 9.59 Å². The summed E-state index contributed by atoms with van der Waals surface area (Å²) in [5.41, 5.74) is 2.46. The Morgan fingerprint density at radius 3 is 2.38 bits per heavy atom. The van der Waals surface area contributed by atoms with Gasteiger partial charge in [0.1, 0.15) is 5.82 Å². The molecule has 0 unspecified atom stereocenters. The Bertz CT molecular complexity index is 983. The summed E-state index contributed by atoms with van der Waals surface area (Å²) >= 11 is 6.30. The molecular weight excluding hydrogens is 391 g/mol. The molecule has 2 atom stereocenters. The maximum atomic E-state index is 14.7. The van der Waals surface area contributed by atoms with E-state index in [1.54, 1.807) is 30.2 Å². The molecule has 1 aliphatic heterocycles. The number of carbonyl (C=O) groups is 2. The first-order chi connectivity index (χ1) is 13.9. The normalized spacial score (nSPS) is 22.3. The standard InChI is InChI=1S/C23H22ClFN2O2/c1-26(2)27-19-11-15(14-7-4-3-5-8-14)12-20(28)23(19)16(13-21(27)29)22-17(24)9-6-10-18(22)25/h3-10,15-16H,11-13H2,1-2H3/t15-,16+/m0/s1.